The largest absolute Gasteiger partial charge is 0.395 e. The molecule has 0 saturated heterocycles. The van der Waals surface area contributed by atoms with Crippen molar-refractivity contribution < 1.29 is 15.3 Å². The average Bonchev–Trinajstić information content (AvgIpc) is 1.89. The monoisotopic (exact) mass is 137 g/mol. The zero-order chi connectivity index (χ0) is 7.70. The minimum absolute atomic E-state index is 0.0972. The molecule has 0 aliphatic rings. The van der Waals surface area contributed by atoms with Crippen molar-refractivity contribution in [3.8, 4) is 0 Å². The fourth-order valence-corrected chi connectivity index (χ4v) is 0. The molecule has 5 N–H and O–H groups in total. The summed E-state index contributed by atoms with van der Waals surface area (Å²) in [6, 6.07) is 0. The molecule has 0 aromatic heterocycles. The summed E-state index contributed by atoms with van der Waals surface area (Å²) in [5.74, 6) is 0. The summed E-state index contributed by atoms with van der Waals surface area (Å²) in [6.45, 7) is 2.17. The molecule has 0 aromatic rings. The van der Waals surface area contributed by atoms with Crippen LogP contribution in [0.25, 0.3) is 0 Å². The van der Waals surface area contributed by atoms with E-state index in [4.69, 9.17) is 21.1 Å². The van der Waals surface area contributed by atoms with E-state index in [0.29, 0.717) is 13.0 Å². The van der Waals surface area contributed by atoms with Crippen molar-refractivity contribution in [2.45, 2.75) is 19.6 Å². The van der Waals surface area contributed by atoms with Crippen molar-refractivity contribution in [1.82, 2.24) is 0 Å². The third-order valence-corrected chi connectivity index (χ3v) is 0.494. The Labute approximate surface area is 54.9 Å². The topological polar surface area (TPSA) is 86.7 Å². The zero-order valence-corrected chi connectivity index (χ0v) is 5.62. The van der Waals surface area contributed by atoms with E-state index in [9.17, 15) is 0 Å². The normalized spacial score (nSPS) is 8.67. The molecule has 58 valence electrons. The standard InChI is InChI=1S/C3H8O2.C2H7NO/c1-2-3(4)5;3-1-2-4/h3-5H,2H2,1H3;4H,1-3H2. The predicted molar refractivity (Wildman–Crippen MR) is 34.7 cm³/mol. The van der Waals surface area contributed by atoms with Crippen LogP contribution in [0.15, 0.2) is 0 Å². The fraction of sp³-hybridized carbons (Fsp3) is 1.00. The first-order valence-electron chi connectivity index (χ1n) is 2.86. The van der Waals surface area contributed by atoms with Crippen LogP contribution < -0.4 is 5.73 Å². The van der Waals surface area contributed by atoms with Crippen molar-refractivity contribution in [3.05, 3.63) is 0 Å². The Bertz CT molecular complexity index is 39.2. The molecule has 0 spiro atoms. The van der Waals surface area contributed by atoms with E-state index < -0.39 is 6.29 Å². The van der Waals surface area contributed by atoms with Gasteiger partial charge in [-0.05, 0) is 6.42 Å². The van der Waals surface area contributed by atoms with Gasteiger partial charge in [-0.25, -0.2) is 0 Å². The Balaban J connectivity index is 0. The highest BCUT2D eigenvalue weighted by atomic mass is 16.5. The van der Waals surface area contributed by atoms with Gasteiger partial charge in [-0.1, -0.05) is 6.92 Å². The molecule has 0 rings (SSSR count). The molecule has 0 unspecified atom stereocenters. The maximum absolute atomic E-state index is 7.92. The lowest BCUT2D eigenvalue weighted by Crippen LogP contribution is -2.02. The van der Waals surface area contributed by atoms with Gasteiger partial charge in [-0.3, -0.25) is 0 Å². The molecular weight excluding hydrogens is 122 g/mol. The lowest BCUT2D eigenvalue weighted by molar-refractivity contribution is -0.0413. The Morgan fingerprint density at radius 2 is 1.67 bits per heavy atom. The maximum atomic E-state index is 7.92. The summed E-state index contributed by atoms with van der Waals surface area (Å²) in [7, 11) is 0. The highest BCUT2D eigenvalue weighted by Crippen LogP contribution is 1.77. The Kier molecular flexibility index (Phi) is 13.9. The maximum Gasteiger partial charge on any atom is 0.151 e. The highest BCUT2D eigenvalue weighted by molar-refractivity contribution is 4.21. The summed E-state index contributed by atoms with van der Waals surface area (Å²) in [4.78, 5) is 0. The van der Waals surface area contributed by atoms with Gasteiger partial charge in [0.2, 0.25) is 0 Å². The van der Waals surface area contributed by atoms with Gasteiger partial charge in [-0.2, -0.15) is 0 Å². The summed E-state index contributed by atoms with van der Waals surface area (Å²) in [5.41, 5.74) is 4.78. The molecular formula is C5H15NO3. The van der Waals surface area contributed by atoms with Crippen LogP contribution in [0, 0.1) is 0 Å². The minimum atomic E-state index is -1.12. The van der Waals surface area contributed by atoms with E-state index in [-0.39, 0.29) is 6.61 Å². The van der Waals surface area contributed by atoms with Crippen molar-refractivity contribution in [1.29, 1.82) is 0 Å². The second kappa shape index (κ2) is 10.8. The van der Waals surface area contributed by atoms with Gasteiger partial charge in [0, 0.05) is 6.54 Å². The van der Waals surface area contributed by atoms with Crippen LogP contribution in [-0.2, 0) is 0 Å². The SMILES string of the molecule is CCC(O)O.NCCO. The Morgan fingerprint density at radius 3 is 1.67 bits per heavy atom. The van der Waals surface area contributed by atoms with Crippen molar-refractivity contribution in [3.63, 3.8) is 0 Å². The minimum Gasteiger partial charge on any atom is -0.395 e. The van der Waals surface area contributed by atoms with E-state index in [2.05, 4.69) is 0 Å². The molecule has 0 fully saturated rings. The molecule has 0 aliphatic carbocycles. The second-order valence-electron chi connectivity index (χ2n) is 1.40. The lowest BCUT2D eigenvalue weighted by Gasteiger charge is -1.90. The summed E-state index contributed by atoms with van der Waals surface area (Å²) >= 11 is 0. The number of hydrogen-bond acceptors (Lipinski definition) is 4. The smallest absolute Gasteiger partial charge is 0.151 e. The number of nitrogens with two attached hydrogens (primary N) is 1. The Hall–Kier alpha value is -0.160. The van der Waals surface area contributed by atoms with Gasteiger partial charge < -0.3 is 21.1 Å². The first-order chi connectivity index (χ1) is 4.18. The highest BCUT2D eigenvalue weighted by Gasteiger charge is 1.83. The van der Waals surface area contributed by atoms with Gasteiger partial charge in [0.25, 0.3) is 0 Å². The second-order valence-corrected chi connectivity index (χ2v) is 1.40. The van der Waals surface area contributed by atoms with Gasteiger partial charge in [-0.15, -0.1) is 0 Å². The summed E-state index contributed by atoms with van der Waals surface area (Å²) < 4.78 is 0. The molecule has 0 aliphatic heterocycles. The molecule has 0 radical (unpaired) electrons. The van der Waals surface area contributed by atoms with Crippen LogP contribution in [0.5, 0.6) is 0 Å². The molecule has 9 heavy (non-hydrogen) atoms. The van der Waals surface area contributed by atoms with Crippen molar-refractivity contribution in [2.75, 3.05) is 13.2 Å². The zero-order valence-electron chi connectivity index (χ0n) is 5.62. The molecule has 0 heterocycles. The van der Waals surface area contributed by atoms with Crippen molar-refractivity contribution >= 4 is 0 Å². The van der Waals surface area contributed by atoms with Crippen molar-refractivity contribution in [2.24, 2.45) is 5.73 Å². The summed E-state index contributed by atoms with van der Waals surface area (Å²) in [5, 5.41) is 23.6. The molecule has 0 atom stereocenters. The molecule has 4 nitrogen and oxygen atoms in total. The van der Waals surface area contributed by atoms with Crippen LogP contribution in [0.1, 0.15) is 13.3 Å². The number of rotatable bonds is 2. The lowest BCUT2D eigenvalue weighted by atomic mass is 10.5. The van der Waals surface area contributed by atoms with Crippen LogP contribution in [0.2, 0.25) is 0 Å². The summed E-state index contributed by atoms with van der Waals surface area (Å²) in [6.07, 6.45) is -0.699. The first-order valence-corrected chi connectivity index (χ1v) is 2.86. The third kappa shape index (κ3) is 33.2. The van der Waals surface area contributed by atoms with Gasteiger partial charge in [0.15, 0.2) is 6.29 Å². The number of aliphatic hydroxyl groups is 3. The molecule has 4 heteroatoms. The molecule has 0 saturated carbocycles. The molecule has 0 amide bonds. The quantitative estimate of drug-likeness (QED) is 0.354. The van der Waals surface area contributed by atoms with Crippen LogP contribution in [0.4, 0.5) is 0 Å². The molecule has 0 bridgehead atoms. The van der Waals surface area contributed by atoms with Crippen LogP contribution in [0.3, 0.4) is 0 Å². The fourth-order valence-electron chi connectivity index (χ4n) is 0. The van der Waals surface area contributed by atoms with Gasteiger partial charge in [0.05, 0.1) is 6.61 Å². The average molecular weight is 137 g/mol. The first kappa shape index (κ1) is 11.6. The van der Waals surface area contributed by atoms with Gasteiger partial charge in [0.1, 0.15) is 0 Å². The van der Waals surface area contributed by atoms with Gasteiger partial charge >= 0.3 is 0 Å². The van der Waals surface area contributed by atoms with E-state index in [1.807, 2.05) is 0 Å². The number of hydrogen-bond donors (Lipinski definition) is 4. The van der Waals surface area contributed by atoms with E-state index in [0.717, 1.165) is 0 Å². The van der Waals surface area contributed by atoms with Crippen LogP contribution >= 0.6 is 0 Å². The Morgan fingerprint density at radius 1 is 1.44 bits per heavy atom. The third-order valence-electron chi connectivity index (χ3n) is 0.494. The molecule has 0 aromatic carbocycles. The van der Waals surface area contributed by atoms with E-state index >= 15 is 0 Å². The predicted octanol–water partition coefficient (Wildman–Crippen LogP) is -1.36. The van der Waals surface area contributed by atoms with E-state index in [1.54, 1.807) is 6.92 Å². The number of aliphatic hydroxyl groups excluding tert-OH is 2. The van der Waals surface area contributed by atoms with Crippen LogP contribution in [-0.4, -0.2) is 34.8 Å². The van der Waals surface area contributed by atoms with E-state index in [1.165, 1.54) is 0 Å².